The Morgan fingerprint density at radius 3 is 2.72 bits per heavy atom. The van der Waals surface area contributed by atoms with E-state index in [1.54, 1.807) is 12.1 Å². The molecule has 1 aromatic heterocycles. The van der Waals surface area contributed by atoms with Crippen LogP contribution in [0.2, 0.25) is 0 Å². The summed E-state index contributed by atoms with van der Waals surface area (Å²) in [7, 11) is 0. The van der Waals surface area contributed by atoms with Crippen LogP contribution < -0.4 is 10.2 Å². The number of H-pyrrole nitrogens is 1. The quantitative estimate of drug-likeness (QED) is 0.669. The number of aromatic amines is 1. The monoisotopic (exact) mass is 395 g/mol. The molecule has 29 heavy (non-hydrogen) atoms. The maximum absolute atomic E-state index is 14.7. The number of carbonyl (C=O) groups excluding carboxylic acids is 1. The number of aryl methyl sites for hydroxylation is 1. The maximum atomic E-state index is 14.7. The molecule has 2 atom stereocenters. The highest BCUT2D eigenvalue weighted by Crippen LogP contribution is 2.26. The fourth-order valence-corrected chi connectivity index (χ4v) is 4.03. The second-order valence-electron chi connectivity index (χ2n) is 7.74. The van der Waals surface area contributed by atoms with Gasteiger partial charge in [0.1, 0.15) is 5.82 Å². The van der Waals surface area contributed by atoms with Gasteiger partial charge in [-0.25, -0.2) is 4.39 Å². The van der Waals surface area contributed by atoms with Gasteiger partial charge in [-0.05, 0) is 50.1 Å². The lowest BCUT2D eigenvalue weighted by Crippen LogP contribution is -2.45. The van der Waals surface area contributed by atoms with Crippen LogP contribution in [0.25, 0.3) is 10.9 Å². The number of ether oxygens (including phenoxy) is 1. The summed E-state index contributed by atoms with van der Waals surface area (Å²) in [4.78, 5) is 17.6. The Hall–Kier alpha value is -2.86. The summed E-state index contributed by atoms with van der Waals surface area (Å²) in [6, 6.07) is 12.9. The number of nitrogens with zero attached hydrogens (tertiary/aromatic N) is 1. The van der Waals surface area contributed by atoms with E-state index in [0.717, 1.165) is 16.5 Å². The highest BCUT2D eigenvalue weighted by molar-refractivity contribution is 5.91. The van der Waals surface area contributed by atoms with Crippen LogP contribution in [0.5, 0.6) is 0 Å². The number of rotatable bonds is 5. The number of anilines is 2. The molecule has 1 aliphatic heterocycles. The molecule has 0 saturated carbocycles. The number of para-hydroxylation sites is 1. The van der Waals surface area contributed by atoms with Crippen molar-refractivity contribution in [1.29, 1.82) is 0 Å². The summed E-state index contributed by atoms with van der Waals surface area (Å²) in [5.41, 5.74) is 3.19. The fraction of sp³-hybridized carbons (Fsp3) is 0.348. The molecule has 2 aromatic carbocycles. The molecule has 2 N–H and O–H groups in total. The number of hydrogen-bond acceptors (Lipinski definition) is 3. The third kappa shape index (κ3) is 4.43. The van der Waals surface area contributed by atoms with E-state index < -0.39 is 0 Å². The standard InChI is InChI=1S/C23H26FN3O2/c1-15-13-27(14-16(2)29-15)22-9-8-18(11-20(22)24)26-23(28)10-7-17-12-25-21-6-4-3-5-19(17)21/h3-6,8-9,11-12,15-16,25H,7,10,13-14H2,1-2H3,(H,26,28). The average Bonchev–Trinajstić information content (AvgIpc) is 3.09. The van der Waals surface area contributed by atoms with Gasteiger partial charge in [0.2, 0.25) is 5.91 Å². The Morgan fingerprint density at radius 2 is 1.97 bits per heavy atom. The van der Waals surface area contributed by atoms with Crippen LogP contribution >= 0.6 is 0 Å². The van der Waals surface area contributed by atoms with Gasteiger partial charge < -0.3 is 19.9 Å². The molecule has 152 valence electrons. The van der Waals surface area contributed by atoms with Crippen LogP contribution in [0.1, 0.15) is 25.8 Å². The number of nitrogens with one attached hydrogen (secondary N) is 2. The van der Waals surface area contributed by atoms with Gasteiger partial charge in [-0.3, -0.25) is 4.79 Å². The maximum Gasteiger partial charge on any atom is 0.224 e. The summed E-state index contributed by atoms with van der Waals surface area (Å²) in [5, 5.41) is 3.94. The van der Waals surface area contributed by atoms with E-state index in [1.807, 2.05) is 49.2 Å². The first-order chi connectivity index (χ1) is 14.0. The number of morpholine rings is 1. The van der Waals surface area contributed by atoms with Gasteiger partial charge in [0, 0.05) is 42.3 Å². The zero-order valence-corrected chi connectivity index (χ0v) is 16.7. The van der Waals surface area contributed by atoms with Gasteiger partial charge in [0.15, 0.2) is 0 Å². The zero-order chi connectivity index (χ0) is 20.4. The second-order valence-corrected chi connectivity index (χ2v) is 7.74. The van der Waals surface area contributed by atoms with Crippen molar-refractivity contribution in [1.82, 2.24) is 4.98 Å². The molecule has 2 unspecified atom stereocenters. The van der Waals surface area contributed by atoms with Crippen LogP contribution in [-0.4, -0.2) is 36.2 Å². The molecular weight excluding hydrogens is 369 g/mol. The number of fused-ring (bicyclic) bond motifs is 1. The van der Waals surface area contributed by atoms with E-state index in [4.69, 9.17) is 4.74 Å². The van der Waals surface area contributed by atoms with Crippen molar-refractivity contribution in [2.45, 2.75) is 38.9 Å². The Bertz CT molecular complexity index is 1010. The molecule has 1 saturated heterocycles. The van der Waals surface area contributed by atoms with Crippen molar-refractivity contribution in [2.75, 3.05) is 23.3 Å². The molecule has 1 fully saturated rings. The molecule has 4 rings (SSSR count). The van der Waals surface area contributed by atoms with Gasteiger partial charge in [-0.1, -0.05) is 18.2 Å². The van der Waals surface area contributed by atoms with E-state index in [1.165, 1.54) is 6.07 Å². The largest absolute Gasteiger partial charge is 0.372 e. The number of aromatic nitrogens is 1. The molecule has 6 heteroatoms. The summed E-state index contributed by atoms with van der Waals surface area (Å²) in [6.45, 7) is 5.28. The lowest BCUT2D eigenvalue weighted by molar-refractivity contribution is -0.116. The molecular formula is C23H26FN3O2. The molecule has 3 aromatic rings. The number of hydrogen-bond donors (Lipinski definition) is 2. The molecule has 1 aliphatic rings. The van der Waals surface area contributed by atoms with Crippen molar-refractivity contribution < 1.29 is 13.9 Å². The number of halogens is 1. The molecule has 2 heterocycles. The van der Waals surface area contributed by atoms with Crippen molar-refractivity contribution in [3.8, 4) is 0 Å². The summed E-state index contributed by atoms with van der Waals surface area (Å²) in [6.07, 6.45) is 3.02. The molecule has 0 spiro atoms. The highest BCUT2D eigenvalue weighted by Gasteiger charge is 2.24. The Labute approximate surface area is 169 Å². The molecule has 1 amide bonds. The third-order valence-corrected chi connectivity index (χ3v) is 5.29. The van der Waals surface area contributed by atoms with Crippen LogP contribution in [0.4, 0.5) is 15.8 Å². The smallest absolute Gasteiger partial charge is 0.224 e. The minimum atomic E-state index is -0.333. The van der Waals surface area contributed by atoms with Gasteiger partial charge in [-0.2, -0.15) is 0 Å². The van der Waals surface area contributed by atoms with Crippen LogP contribution in [0, 0.1) is 5.82 Å². The topological polar surface area (TPSA) is 57.4 Å². The van der Waals surface area contributed by atoms with E-state index in [2.05, 4.69) is 10.3 Å². The zero-order valence-electron chi connectivity index (χ0n) is 16.7. The summed E-state index contributed by atoms with van der Waals surface area (Å²) < 4.78 is 20.4. The molecule has 0 radical (unpaired) electrons. The first kappa shape index (κ1) is 19.5. The average molecular weight is 395 g/mol. The predicted octanol–water partition coefficient (Wildman–Crippen LogP) is 4.49. The predicted molar refractivity (Wildman–Crippen MR) is 114 cm³/mol. The van der Waals surface area contributed by atoms with Gasteiger partial charge >= 0.3 is 0 Å². The lowest BCUT2D eigenvalue weighted by atomic mass is 10.1. The molecule has 5 nitrogen and oxygen atoms in total. The minimum Gasteiger partial charge on any atom is -0.372 e. The van der Waals surface area contributed by atoms with Gasteiger partial charge in [0.25, 0.3) is 0 Å². The lowest BCUT2D eigenvalue weighted by Gasteiger charge is -2.37. The van der Waals surface area contributed by atoms with Crippen molar-refractivity contribution in [3.63, 3.8) is 0 Å². The number of benzene rings is 2. The summed E-state index contributed by atoms with van der Waals surface area (Å²) in [5.74, 6) is -0.461. The Balaban J connectivity index is 1.38. The third-order valence-electron chi connectivity index (χ3n) is 5.29. The Kier molecular flexibility index (Phi) is 5.53. The van der Waals surface area contributed by atoms with Gasteiger partial charge in [-0.15, -0.1) is 0 Å². The normalized spacial score (nSPS) is 19.5. The van der Waals surface area contributed by atoms with Gasteiger partial charge in [0.05, 0.1) is 17.9 Å². The van der Waals surface area contributed by atoms with Crippen molar-refractivity contribution in [3.05, 3.63) is 60.0 Å². The van der Waals surface area contributed by atoms with Crippen molar-refractivity contribution in [2.24, 2.45) is 0 Å². The number of amides is 1. The highest BCUT2D eigenvalue weighted by atomic mass is 19.1. The van der Waals surface area contributed by atoms with E-state index in [9.17, 15) is 9.18 Å². The van der Waals surface area contributed by atoms with Crippen molar-refractivity contribution >= 4 is 28.2 Å². The van der Waals surface area contributed by atoms with E-state index in [-0.39, 0.29) is 23.9 Å². The summed E-state index contributed by atoms with van der Waals surface area (Å²) >= 11 is 0. The minimum absolute atomic E-state index is 0.0574. The SMILES string of the molecule is CC1CN(c2ccc(NC(=O)CCc3c[nH]c4ccccc34)cc2F)CC(C)O1. The Morgan fingerprint density at radius 1 is 1.21 bits per heavy atom. The fourth-order valence-electron chi connectivity index (χ4n) is 4.03. The van der Waals surface area contributed by atoms with E-state index >= 15 is 0 Å². The number of carbonyl (C=O) groups is 1. The van der Waals surface area contributed by atoms with E-state index in [0.29, 0.717) is 37.3 Å². The van der Waals surface area contributed by atoms with Crippen LogP contribution in [-0.2, 0) is 16.0 Å². The van der Waals surface area contributed by atoms with Crippen LogP contribution in [0.15, 0.2) is 48.7 Å². The first-order valence-corrected chi connectivity index (χ1v) is 10.0. The molecule has 0 bridgehead atoms. The van der Waals surface area contributed by atoms with Crippen LogP contribution in [0.3, 0.4) is 0 Å². The second kappa shape index (κ2) is 8.25. The molecule has 0 aliphatic carbocycles. The first-order valence-electron chi connectivity index (χ1n) is 10.0.